The second kappa shape index (κ2) is 9.59. The number of hydrogen-bond acceptors (Lipinski definition) is 4. The molecule has 1 atom stereocenters. The van der Waals surface area contributed by atoms with Crippen LogP contribution in [0.15, 0.2) is 30.9 Å². The van der Waals surface area contributed by atoms with Crippen molar-refractivity contribution in [3.8, 4) is 0 Å². The molecule has 5 heteroatoms. The fourth-order valence-corrected chi connectivity index (χ4v) is 2.95. The Morgan fingerprint density at radius 2 is 2.08 bits per heavy atom. The minimum atomic E-state index is -0.471. The molecule has 0 bridgehead atoms. The fourth-order valence-electron chi connectivity index (χ4n) is 2.95. The van der Waals surface area contributed by atoms with Crippen LogP contribution in [0.4, 0.5) is 11.4 Å². The van der Waals surface area contributed by atoms with Gasteiger partial charge in [-0.15, -0.1) is 6.58 Å². The van der Waals surface area contributed by atoms with E-state index in [2.05, 4.69) is 40.8 Å². The number of ether oxygens (including phenoxy) is 1. The summed E-state index contributed by atoms with van der Waals surface area (Å²) in [6.07, 6.45) is 2.06. The van der Waals surface area contributed by atoms with Crippen molar-refractivity contribution in [2.75, 3.05) is 49.5 Å². The Kier molecular flexibility index (Phi) is 7.47. The zero-order valence-corrected chi connectivity index (χ0v) is 15.8. The molecule has 0 saturated carbocycles. The van der Waals surface area contributed by atoms with Crippen molar-refractivity contribution in [3.05, 3.63) is 36.4 Å². The van der Waals surface area contributed by atoms with Crippen LogP contribution in [-0.2, 0) is 9.53 Å². The summed E-state index contributed by atoms with van der Waals surface area (Å²) < 4.78 is 5.50. The first kappa shape index (κ1) is 19.5. The maximum absolute atomic E-state index is 12.2. The number of carbonyl (C=O) groups excluding carboxylic acids is 1. The van der Waals surface area contributed by atoms with E-state index in [1.165, 1.54) is 5.69 Å². The molecule has 0 aliphatic carbocycles. The number of likely N-dealkylation sites (N-methyl/N-ethyl adjacent to an activating group) is 1. The third kappa shape index (κ3) is 5.58. The number of hydrogen-bond donors (Lipinski definition) is 1. The van der Waals surface area contributed by atoms with Gasteiger partial charge in [0.1, 0.15) is 6.10 Å². The second-order valence-corrected chi connectivity index (χ2v) is 6.50. The minimum Gasteiger partial charge on any atom is -0.369 e. The van der Waals surface area contributed by atoms with Crippen LogP contribution >= 0.6 is 0 Å². The molecule has 1 heterocycles. The molecule has 1 N–H and O–H groups in total. The highest BCUT2D eigenvalue weighted by Crippen LogP contribution is 2.24. The summed E-state index contributed by atoms with van der Waals surface area (Å²) in [7, 11) is 0. The van der Waals surface area contributed by atoms with Gasteiger partial charge in [0.15, 0.2) is 0 Å². The minimum absolute atomic E-state index is 0.114. The number of amides is 1. The summed E-state index contributed by atoms with van der Waals surface area (Å²) in [5.41, 5.74) is 3.14. The van der Waals surface area contributed by atoms with Crippen molar-refractivity contribution in [2.45, 2.75) is 33.3 Å². The summed E-state index contributed by atoms with van der Waals surface area (Å²) in [5.74, 6) is -0.114. The SMILES string of the molecule is C=CCCO[C@@H](C)C(=O)Nc1ccc(N2CCN(CC)CC2)cc1C. The van der Waals surface area contributed by atoms with E-state index >= 15 is 0 Å². The van der Waals surface area contributed by atoms with E-state index in [9.17, 15) is 4.79 Å². The Bertz CT molecular complexity index is 580. The largest absolute Gasteiger partial charge is 0.369 e. The molecule has 0 unspecified atom stereocenters. The molecule has 25 heavy (non-hydrogen) atoms. The first-order valence-electron chi connectivity index (χ1n) is 9.16. The Balaban J connectivity index is 1.93. The van der Waals surface area contributed by atoms with Crippen molar-refractivity contribution in [2.24, 2.45) is 0 Å². The Morgan fingerprint density at radius 3 is 2.68 bits per heavy atom. The van der Waals surface area contributed by atoms with Crippen molar-refractivity contribution < 1.29 is 9.53 Å². The summed E-state index contributed by atoms with van der Waals surface area (Å²) >= 11 is 0. The van der Waals surface area contributed by atoms with Gasteiger partial charge in [0, 0.05) is 37.6 Å². The van der Waals surface area contributed by atoms with E-state index in [0.29, 0.717) is 6.61 Å². The maximum atomic E-state index is 12.2. The van der Waals surface area contributed by atoms with Gasteiger partial charge in [0.05, 0.1) is 6.61 Å². The predicted octanol–water partition coefficient (Wildman–Crippen LogP) is 3.06. The molecule has 0 radical (unpaired) electrons. The number of piperazine rings is 1. The molecule has 1 saturated heterocycles. The van der Waals surface area contributed by atoms with Crippen molar-refractivity contribution in [1.29, 1.82) is 0 Å². The lowest BCUT2D eigenvalue weighted by atomic mass is 10.1. The van der Waals surface area contributed by atoms with Crippen molar-refractivity contribution in [1.82, 2.24) is 4.90 Å². The van der Waals surface area contributed by atoms with Gasteiger partial charge in [-0.05, 0) is 50.6 Å². The highest BCUT2D eigenvalue weighted by atomic mass is 16.5. The fraction of sp³-hybridized carbons (Fsp3) is 0.550. The highest BCUT2D eigenvalue weighted by molar-refractivity contribution is 5.94. The van der Waals surface area contributed by atoms with Gasteiger partial charge < -0.3 is 19.9 Å². The average Bonchev–Trinajstić information content (AvgIpc) is 2.63. The molecular formula is C20H31N3O2. The molecule has 138 valence electrons. The number of anilines is 2. The molecule has 0 spiro atoms. The molecule has 1 fully saturated rings. The van der Waals surface area contributed by atoms with Gasteiger partial charge in [-0.1, -0.05) is 13.0 Å². The van der Waals surface area contributed by atoms with Gasteiger partial charge in [0.25, 0.3) is 5.91 Å². The van der Waals surface area contributed by atoms with Crippen LogP contribution in [0.25, 0.3) is 0 Å². The predicted molar refractivity (Wildman–Crippen MR) is 104 cm³/mol. The summed E-state index contributed by atoms with van der Waals surface area (Å²) in [4.78, 5) is 17.1. The Morgan fingerprint density at radius 1 is 1.36 bits per heavy atom. The van der Waals surface area contributed by atoms with Gasteiger partial charge in [-0.2, -0.15) is 0 Å². The van der Waals surface area contributed by atoms with E-state index in [0.717, 1.165) is 50.4 Å². The molecule has 0 aromatic heterocycles. The highest BCUT2D eigenvalue weighted by Gasteiger charge is 2.18. The number of carbonyl (C=O) groups is 1. The van der Waals surface area contributed by atoms with Gasteiger partial charge in [-0.25, -0.2) is 0 Å². The first-order valence-corrected chi connectivity index (χ1v) is 9.16. The Hall–Kier alpha value is -1.85. The normalized spacial score (nSPS) is 16.5. The first-order chi connectivity index (χ1) is 12.0. The van der Waals surface area contributed by atoms with Crippen LogP contribution < -0.4 is 10.2 Å². The molecule has 1 aliphatic heterocycles. The topological polar surface area (TPSA) is 44.8 Å². The van der Waals surface area contributed by atoms with Gasteiger partial charge in [-0.3, -0.25) is 4.79 Å². The zero-order valence-electron chi connectivity index (χ0n) is 15.8. The van der Waals surface area contributed by atoms with Crippen molar-refractivity contribution >= 4 is 17.3 Å². The average molecular weight is 345 g/mol. The Labute approximate surface area is 151 Å². The molecule has 2 rings (SSSR count). The number of aryl methyl sites for hydroxylation is 1. The number of nitrogens with zero attached hydrogens (tertiary/aromatic N) is 2. The number of nitrogens with one attached hydrogen (secondary N) is 1. The lowest BCUT2D eigenvalue weighted by molar-refractivity contribution is -0.126. The smallest absolute Gasteiger partial charge is 0.253 e. The van der Waals surface area contributed by atoms with E-state index in [1.807, 2.05) is 13.0 Å². The quantitative estimate of drug-likeness (QED) is 0.581. The summed E-state index contributed by atoms with van der Waals surface area (Å²) in [6, 6.07) is 6.24. The lowest BCUT2D eigenvalue weighted by Crippen LogP contribution is -2.46. The van der Waals surface area contributed by atoms with Crippen LogP contribution in [0, 0.1) is 6.92 Å². The van der Waals surface area contributed by atoms with Crippen LogP contribution in [0.1, 0.15) is 25.8 Å². The molecule has 1 aromatic carbocycles. The van der Waals surface area contributed by atoms with E-state index in [4.69, 9.17) is 4.74 Å². The monoisotopic (exact) mass is 345 g/mol. The van der Waals surface area contributed by atoms with E-state index < -0.39 is 6.10 Å². The van der Waals surface area contributed by atoms with E-state index in [-0.39, 0.29) is 5.91 Å². The van der Waals surface area contributed by atoms with Gasteiger partial charge >= 0.3 is 0 Å². The van der Waals surface area contributed by atoms with Crippen molar-refractivity contribution in [3.63, 3.8) is 0 Å². The van der Waals surface area contributed by atoms with Crippen LogP contribution in [0.5, 0.6) is 0 Å². The van der Waals surface area contributed by atoms with E-state index in [1.54, 1.807) is 13.0 Å². The summed E-state index contributed by atoms with van der Waals surface area (Å²) in [6.45, 7) is 15.6. The van der Waals surface area contributed by atoms with Crippen LogP contribution in [0.2, 0.25) is 0 Å². The standard InChI is InChI=1S/C20H31N3O2/c1-5-7-14-25-17(4)20(24)21-19-9-8-18(15-16(19)3)23-12-10-22(6-2)11-13-23/h5,8-9,15,17H,1,6-7,10-14H2,2-4H3,(H,21,24)/t17-/m0/s1. The maximum Gasteiger partial charge on any atom is 0.253 e. The molecule has 1 aliphatic rings. The van der Waals surface area contributed by atoms with Crippen LogP contribution in [0.3, 0.4) is 0 Å². The summed E-state index contributed by atoms with van der Waals surface area (Å²) in [5, 5.41) is 2.97. The molecule has 5 nitrogen and oxygen atoms in total. The number of benzene rings is 1. The van der Waals surface area contributed by atoms with Crippen LogP contribution in [-0.4, -0.2) is 56.2 Å². The number of rotatable bonds is 8. The van der Waals surface area contributed by atoms with Gasteiger partial charge in [0.2, 0.25) is 0 Å². The third-order valence-electron chi connectivity index (χ3n) is 4.71. The molecule has 1 aromatic rings. The third-order valence-corrected chi connectivity index (χ3v) is 4.71. The molecule has 1 amide bonds. The second-order valence-electron chi connectivity index (χ2n) is 6.50. The molecular weight excluding hydrogens is 314 g/mol. The lowest BCUT2D eigenvalue weighted by Gasteiger charge is -2.35. The zero-order chi connectivity index (χ0) is 18.2.